The van der Waals surface area contributed by atoms with Gasteiger partial charge in [-0.3, -0.25) is 0 Å². The summed E-state index contributed by atoms with van der Waals surface area (Å²) in [6.45, 7) is 0. The molecule has 4 heteroatoms. The summed E-state index contributed by atoms with van der Waals surface area (Å²) < 4.78 is 12.6. The summed E-state index contributed by atoms with van der Waals surface area (Å²) in [5, 5.41) is 19.4. The van der Waals surface area contributed by atoms with Crippen LogP contribution in [0.2, 0.25) is 0 Å². The lowest BCUT2D eigenvalue weighted by molar-refractivity contribution is 0.669. The van der Waals surface area contributed by atoms with Crippen LogP contribution in [-0.4, -0.2) is 0 Å². The van der Waals surface area contributed by atoms with Crippen LogP contribution in [0.4, 0.5) is 34.1 Å². The smallest absolute Gasteiger partial charge is 0.136 e. The van der Waals surface area contributed by atoms with Gasteiger partial charge in [0.05, 0.1) is 0 Å². The number of hydrogen-bond acceptors (Lipinski definition) is 4. The Kier molecular flexibility index (Phi) is 11.2. The Morgan fingerprint density at radius 2 is 0.512 bits per heavy atom. The van der Waals surface area contributed by atoms with Gasteiger partial charge in [0.2, 0.25) is 0 Å². The Labute approximate surface area is 473 Å². The van der Waals surface area contributed by atoms with Crippen molar-refractivity contribution in [1.29, 1.82) is 0 Å². The SMILES string of the molecule is c1ccc(-c2ccc(N(c3ccccc3)c3ccc4c(ccc5ccc6cc7c(cc6c54)oc4ccccc47)c3)cc2)cc1.c1ccc(N(c2ccccc2)c2ccc3c(ccc4ccc5cc6c(cc5c43)oc3ccccc36)c2)cc1. The van der Waals surface area contributed by atoms with E-state index in [2.05, 4.69) is 289 Å². The molecule has 0 aliphatic carbocycles. The number of para-hydroxylation sites is 5. The van der Waals surface area contributed by atoms with Gasteiger partial charge >= 0.3 is 0 Å². The Balaban J connectivity index is 0.000000136. The molecule has 0 bridgehead atoms. The molecule has 0 atom stereocenters. The third kappa shape index (κ3) is 8.07. The summed E-state index contributed by atoms with van der Waals surface area (Å²) in [7, 11) is 0. The van der Waals surface area contributed by atoms with Crippen LogP contribution in [-0.2, 0) is 0 Å². The van der Waals surface area contributed by atoms with Crippen LogP contribution in [0, 0.1) is 0 Å². The number of rotatable bonds is 7. The molecule has 0 aliphatic heterocycles. The predicted molar refractivity (Wildman–Crippen MR) is 347 cm³/mol. The van der Waals surface area contributed by atoms with Crippen LogP contribution in [0.5, 0.6) is 0 Å². The lowest BCUT2D eigenvalue weighted by atomic mass is 9.95. The van der Waals surface area contributed by atoms with E-state index in [1.807, 2.05) is 24.3 Å². The fraction of sp³-hybridized carbons (Fsp3) is 0. The monoisotopic (exact) mass is 1050 g/mol. The zero-order valence-corrected chi connectivity index (χ0v) is 44.6. The number of fused-ring (bicyclic) bond motifs is 16. The Hall–Kier alpha value is -10.9. The first-order valence-electron chi connectivity index (χ1n) is 28.0. The summed E-state index contributed by atoms with van der Waals surface area (Å²) in [6, 6.07) is 108. The molecular formula is C78H50N2O2. The maximum absolute atomic E-state index is 6.30. The summed E-state index contributed by atoms with van der Waals surface area (Å²) in [5.41, 5.74) is 12.9. The van der Waals surface area contributed by atoms with E-state index in [9.17, 15) is 0 Å². The molecule has 0 saturated heterocycles. The van der Waals surface area contributed by atoms with Crippen molar-refractivity contribution in [1.82, 2.24) is 0 Å². The zero-order chi connectivity index (χ0) is 54.1. The molecule has 0 unspecified atom stereocenters. The van der Waals surface area contributed by atoms with Gasteiger partial charge in [0, 0.05) is 55.7 Å². The normalized spacial score (nSPS) is 11.7. The first-order valence-corrected chi connectivity index (χ1v) is 28.0. The number of hydrogen-bond donors (Lipinski definition) is 0. The standard InChI is InChI=1S/C42H27NO.C36H23NO/c1-3-9-28(10-4-1)29-19-21-34(22-20-29)43(33-11-5-2-6-12-33)35-23-24-36-31(25-35)17-15-30-16-18-32-26-39-37-13-7-8-14-40(37)44-41(39)27-38(32)42(30)36;1-3-9-27(10-4-1)37(28-11-5-2-6-12-28)29-19-20-30-25(21-29)17-15-24-16-18-26-22-33-31-13-7-8-14-34(31)38-35(33)23-32(26)36(24)30/h1-27H;1-23H. The van der Waals surface area contributed by atoms with Crippen molar-refractivity contribution in [2.75, 3.05) is 9.80 Å². The molecule has 15 aromatic carbocycles. The Morgan fingerprint density at radius 1 is 0.183 bits per heavy atom. The fourth-order valence-electron chi connectivity index (χ4n) is 12.5. The van der Waals surface area contributed by atoms with Crippen molar-refractivity contribution in [3.8, 4) is 11.1 Å². The topological polar surface area (TPSA) is 32.8 Å². The molecule has 4 nitrogen and oxygen atoms in total. The predicted octanol–water partition coefficient (Wildman–Crippen LogP) is 22.7. The third-order valence-corrected chi connectivity index (χ3v) is 16.4. The van der Waals surface area contributed by atoms with Gasteiger partial charge in [-0.25, -0.2) is 0 Å². The van der Waals surface area contributed by atoms with Gasteiger partial charge in [-0.2, -0.15) is 0 Å². The average Bonchev–Trinajstić information content (AvgIpc) is 3.68. The number of furan rings is 2. The van der Waals surface area contributed by atoms with Gasteiger partial charge in [-0.15, -0.1) is 0 Å². The molecular weight excluding hydrogens is 997 g/mol. The average molecular weight is 1050 g/mol. The van der Waals surface area contributed by atoms with Crippen molar-refractivity contribution in [2.45, 2.75) is 0 Å². The minimum Gasteiger partial charge on any atom is -0.456 e. The zero-order valence-electron chi connectivity index (χ0n) is 44.6. The maximum atomic E-state index is 6.30. The van der Waals surface area contributed by atoms with E-state index < -0.39 is 0 Å². The molecule has 384 valence electrons. The highest BCUT2D eigenvalue weighted by Gasteiger charge is 2.18. The Morgan fingerprint density at radius 3 is 0.939 bits per heavy atom. The maximum Gasteiger partial charge on any atom is 0.136 e. The number of anilines is 6. The van der Waals surface area contributed by atoms with Crippen LogP contribution < -0.4 is 9.80 Å². The summed E-state index contributed by atoms with van der Waals surface area (Å²) in [4.78, 5) is 4.64. The minimum absolute atomic E-state index is 0.925. The van der Waals surface area contributed by atoms with E-state index in [0.29, 0.717) is 0 Å². The van der Waals surface area contributed by atoms with E-state index in [1.165, 1.54) is 75.8 Å². The van der Waals surface area contributed by atoms with Crippen molar-refractivity contribution >= 4 is 143 Å². The first kappa shape index (κ1) is 47.1. The number of benzene rings is 15. The van der Waals surface area contributed by atoms with E-state index in [0.717, 1.165) is 78.0 Å². The molecule has 0 fully saturated rings. The number of nitrogens with zero attached hydrogens (tertiary/aromatic N) is 2. The molecule has 17 rings (SSSR count). The van der Waals surface area contributed by atoms with Crippen molar-refractivity contribution < 1.29 is 8.83 Å². The highest BCUT2D eigenvalue weighted by molar-refractivity contribution is 6.25. The van der Waals surface area contributed by atoms with Crippen LogP contribution in [0.15, 0.2) is 312 Å². The highest BCUT2D eigenvalue weighted by atomic mass is 16.3. The lowest BCUT2D eigenvalue weighted by Crippen LogP contribution is -2.09. The molecule has 82 heavy (non-hydrogen) atoms. The van der Waals surface area contributed by atoms with Gasteiger partial charge in [0.1, 0.15) is 22.3 Å². The first-order chi connectivity index (χ1) is 40.6. The summed E-state index contributed by atoms with van der Waals surface area (Å²) in [5.74, 6) is 0. The molecule has 2 heterocycles. The van der Waals surface area contributed by atoms with Gasteiger partial charge in [-0.1, -0.05) is 194 Å². The molecule has 0 N–H and O–H groups in total. The van der Waals surface area contributed by atoms with Gasteiger partial charge in [0.25, 0.3) is 0 Å². The summed E-state index contributed by atoms with van der Waals surface area (Å²) >= 11 is 0. The van der Waals surface area contributed by atoms with Gasteiger partial charge in [-0.05, 0) is 185 Å². The van der Waals surface area contributed by atoms with Gasteiger partial charge < -0.3 is 18.6 Å². The van der Waals surface area contributed by atoms with Crippen molar-refractivity contribution in [3.63, 3.8) is 0 Å². The Bertz CT molecular complexity index is 5230. The molecule has 17 aromatic rings. The molecule has 0 spiro atoms. The quantitative estimate of drug-likeness (QED) is 0.149. The van der Waals surface area contributed by atoms with E-state index >= 15 is 0 Å². The minimum atomic E-state index is 0.925. The second kappa shape index (κ2) is 19.5. The molecule has 2 aromatic heterocycles. The van der Waals surface area contributed by atoms with E-state index in [4.69, 9.17) is 8.83 Å². The molecule has 0 amide bonds. The lowest BCUT2D eigenvalue weighted by Gasteiger charge is -2.26. The molecule has 0 aliphatic rings. The van der Waals surface area contributed by atoms with Crippen LogP contribution in [0.25, 0.3) is 120 Å². The van der Waals surface area contributed by atoms with Crippen LogP contribution >= 0.6 is 0 Å². The van der Waals surface area contributed by atoms with Crippen molar-refractivity contribution in [2.24, 2.45) is 0 Å². The largest absolute Gasteiger partial charge is 0.456 e. The molecule has 0 radical (unpaired) electrons. The molecule has 0 saturated carbocycles. The summed E-state index contributed by atoms with van der Waals surface area (Å²) in [6.07, 6.45) is 0. The van der Waals surface area contributed by atoms with Crippen LogP contribution in [0.3, 0.4) is 0 Å². The second-order valence-corrected chi connectivity index (χ2v) is 21.2. The second-order valence-electron chi connectivity index (χ2n) is 21.2. The van der Waals surface area contributed by atoms with E-state index in [1.54, 1.807) is 0 Å². The van der Waals surface area contributed by atoms with Crippen LogP contribution in [0.1, 0.15) is 0 Å². The van der Waals surface area contributed by atoms with E-state index in [-0.39, 0.29) is 0 Å². The van der Waals surface area contributed by atoms with Gasteiger partial charge in [0.15, 0.2) is 0 Å². The van der Waals surface area contributed by atoms with Crippen molar-refractivity contribution in [3.05, 3.63) is 303 Å². The highest BCUT2D eigenvalue weighted by Crippen LogP contribution is 2.44. The fourth-order valence-corrected chi connectivity index (χ4v) is 12.5. The third-order valence-electron chi connectivity index (χ3n) is 16.4.